The van der Waals surface area contributed by atoms with Crippen LogP contribution in [0.3, 0.4) is 0 Å². The van der Waals surface area contributed by atoms with Crippen molar-refractivity contribution in [3.63, 3.8) is 0 Å². The van der Waals surface area contributed by atoms with Gasteiger partial charge in [0.25, 0.3) is 0 Å². The molecule has 1 amide bonds. The first kappa shape index (κ1) is 13.1. The average Bonchev–Trinajstić information content (AvgIpc) is 3.19. The topological polar surface area (TPSA) is 73.0 Å². The maximum Gasteiger partial charge on any atom is 0.316 e. The Morgan fingerprint density at radius 2 is 1.95 bits per heavy atom. The van der Waals surface area contributed by atoms with Crippen LogP contribution in [-0.4, -0.2) is 27.2 Å². The van der Waals surface area contributed by atoms with E-state index in [2.05, 4.69) is 15.5 Å². The fourth-order valence-corrected chi connectivity index (χ4v) is 1.96. The Bertz CT molecular complexity index is 729. The van der Waals surface area contributed by atoms with E-state index in [1.54, 1.807) is 0 Å². The van der Waals surface area contributed by atoms with Crippen molar-refractivity contribution in [2.75, 3.05) is 6.54 Å². The number of nitrogens with zero attached hydrogens (tertiary/aromatic N) is 3. The predicted octanol–water partition coefficient (Wildman–Crippen LogP) is 2.28. The van der Waals surface area contributed by atoms with E-state index < -0.39 is 0 Å². The molecule has 3 rings (SSSR count). The molecule has 0 aliphatic rings. The third-order valence-electron chi connectivity index (χ3n) is 2.99. The summed E-state index contributed by atoms with van der Waals surface area (Å²) in [6, 6.07) is 11.6. The molecule has 2 heterocycles. The summed E-state index contributed by atoms with van der Waals surface area (Å²) in [4.78, 5) is 15.7. The summed E-state index contributed by atoms with van der Waals surface area (Å²) in [5, 5.41) is 6.44. The van der Waals surface area contributed by atoms with E-state index in [1.807, 2.05) is 60.3 Å². The van der Waals surface area contributed by atoms with Crippen LogP contribution in [0.4, 0.5) is 0 Å². The molecule has 0 aliphatic carbocycles. The molecule has 0 atom stereocenters. The van der Waals surface area contributed by atoms with Crippen LogP contribution in [0, 0.1) is 0 Å². The van der Waals surface area contributed by atoms with Gasteiger partial charge in [-0.05, 0) is 43.3 Å². The zero-order valence-corrected chi connectivity index (χ0v) is 11.5. The zero-order valence-electron chi connectivity index (χ0n) is 11.5. The first-order valence-corrected chi connectivity index (χ1v) is 6.63. The maximum atomic E-state index is 11.6. The van der Waals surface area contributed by atoms with Crippen LogP contribution in [0.1, 0.15) is 17.6 Å². The number of rotatable bonds is 4. The molecule has 0 saturated heterocycles. The fraction of sp³-hybridized carbons (Fsp3) is 0.133. The van der Waals surface area contributed by atoms with Gasteiger partial charge in [0.1, 0.15) is 0 Å². The number of nitrogens with one attached hydrogen (secondary N) is 1. The SMILES string of the molecule is CCNC(=O)c1nc(-c2ccc(-n3cccc3)cc2)no1. The molecule has 0 radical (unpaired) electrons. The van der Waals surface area contributed by atoms with Crippen LogP contribution in [0.2, 0.25) is 0 Å². The molecule has 106 valence electrons. The van der Waals surface area contributed by atoms with Crippen molar-refractivity contribution in [1.82, 2.24) is 20.0 Å². The molecule has 6 nitrogen and oxygen atoms in total. The highest BCUT2D eigenvalue weighted by Crippen LogP contribution is 2.18. The molecule has 21 heavy (non-hydrogen) atoms. The van der Waals surface area contributed by atoms with E-state index in [9.17, 15) is 4.79 Å². The average molecular weight is 282 g/mol. The van der Waals surface area contributed by atoms with Gasteiger partial charge >= 0.3 is 11.8 Å². The van der Waals surface area contributed by atoms with Crippen molar-refractivity contribution in [2.45, 2.75) is 6.92 Å². The Morgan fingerprint density at radius 3 is 2.62 bits per heavy atom. The zero-order chi connectivity index (χ0) is 14.7. The lowest BCUT2D eigenvalue weighted by Crippen LogP contribution is -2.22. The number of benzene rings is 1. The molecular formula is C15H14N4O2. The summed E-state index contributed by atoms with van der Waals surface area (Å²) in [5.74, 6) is 0.0110. The normalized spacial score (nSPS) is 10.5. The van der Waals surface area contributed by atoms with Crippen LogP contribution in [-0.2, 0) is 0 Å². The predicted molar refractivity (Wildman–Crippen MR) is 77.1 cm³/mol. The summed E-state index contributed by atoms with van der Waals surface area (Å²) in [5.41, 5.74) is 1.83. The summed E-state index contributed by atoms with van der Waals surface area (Å²) >= 11 is 0. The second-order valence-electron chi connectivity index (χ2n) is 4.42. The Kier molecular flexibility index (Phi) is 3.51. The summed E-state index contributed by atoms with van der Waals surface area (Å²) < 4.78 is 6.96. The molecule has 1 aromatic carbocycles. The van der Waals surface area contributed by atoms with Crippen LogP contribution in [0.25, 0.3) is 17.1 Å². The van der Waals surface area contributed by atoms with Gasteiger partial charge in [-0.2, -0.15) is 4.98 Å². The molecule has 2 aromatic heterocycles. The monoisotopic (exact) mass is 282 g/mol. The van der Waals surface area contributed by atoms with E-state index in [0.29, 0.717) is 12.4 Å². The Morgan fingerprint density at radius 1 is 1.24 bits per heavy atom. The van der Waals surface area contributed by atoms with Gasteiger partial charge < -0.3 is 14.4 Å². The molecule has 1 N–H and O–H groups in total. The van der Waals surface area contributed by atoms with Gasteiger partial charge in [0.05, 0.1) is 0 Å². The minimum absolute atomic E-state index is 0.0265. The van der Waals surface area contributed by atoms with E-state index in [-0.39, 0.29) is 11.8 Å². The van der Waals surface area contributed by atoms with E-state index in [0.717, 1.165) is 11.3 Å². The Labute approximate surface area is 121 Å². The largest absolute Gasteiger partial charge is 0.348 e. The number of hydrogen-bond acceptors (Lipinski definition) is 4. The Hall–Kier alpha value is -2.89. The molecule has 0 saturated carbocycles. The van der Waals surface area contributed by atoms with Crippen molar-refractivity contribution in [3.05, 3.63) is 54.7 Å². The van der Waals surface area contributed by atoms with E-state index in [1.165, 1.54) is 0 Å². The minimum atomic E-state index is -0.361. The maximum absolute atomic E-state index is 11.6. The fourth-order valence-electron chi connectivity index (χ4n) is 1.96. The molecular weight excluding hydrogens is 268 g/mol. The summed E-state index contributed by atoms with van der Waals surface area (Å²) in [6.07, 6.45) is 3.94. The molecule has 0 spiro atoms. The molecule has 0 bridgehead atoms. The smallest absolute Gasteiger partial charge is 0.316 e. The van der Waals surface area contributed by atoms with Gasteiger partial charge in [0.2, 0.25) is 5.82 Å². The number of carbonyl (C=O) groups is 1. The van der Waals surface area contributed by atoms with Crippen LogP contribution >= 0.6 is 0 Å². The number of amides is 1. The molecule has 0 fully saturated rings. The number of carbonyl (C=O) groups excluding carboxylic acids is 1. The van der Waals surface area contributed by atoms with Crippen molar-refractivity contribution in [3.8, 4) is 17.1 Å². The van der Waals surface area contributed by atoms with E-state index >= 15 is 0 Å². The van der Waals surface area contributed by atoms with Gasteiger partial charge in [-0.3, -0.25) is 4.79 Å². The van der Waals surface area contributed by atoms with Crippen LogP contribution < -0.4 is 5.32 Å². The lowest BCUT2D eigenvalue weighted by molar-refractivity contribution is 0.0912. The van der Waals surface area contributed by atoms with E-state index in [4.69, 9.17) is 4.52 Å². The molecule has 3 aromatic rings. The van der Waals surface area contributed by atoms with Gasteiger partial charge in [0, 0.05) is 30.2 Å². The third-order valence-corrected chi connectivity index (χ3v) is 2.99. The van der Waals surface area contributed by atoms with Gasteiger partial charge in [0.15, 0.2) is 0 Å². The Balaban J connectivity index is 1.83. The second-order valence-corrected chi connectivity index (χ2v) is 4.42. The highest BCUT2D eigenvalue weighted by atomic mass is 16.5. The third kappa shape index (κ3) is 2.69. The first-order chi connectivity index (χ1) is 10.3. The number of aromatic nitrogens is 3. The van der Waals surface area contributed by atoms with Crippen molar-refractivity contribution < 1.29 is 9.32 Å². The highest BCUT2D eigenvalue weighted by molar-refractivity contribution is 5.89. The van der Waals surface area contributed by atoms with Gasteiger partial charge in [-0.15, -0.1) is 0 Å². The minimum Gasteiger partial charge on any atom is -0.348 e. The van der Waals surface area contributed by atoms with Crippen LogP contribution in [0.5, 0.6) is 0 Å². The van der Waals surface area contributed by atoms with Crippen LogP contribution in [0.15, 0.2) is 53.3 Å². The van der Waals surface area contributed by atoms with Crippen molar-refractivity contribution in [1.29, 1.82) is 0 Å². The summed E-state index contributed by atoms with van der Waals surface area (Å²) in [6.45, 7) is 2.34. The highest BCUT2D eigenvalue weighted by Gasteiger charge is 2.15. The standard InChI is InChI=1S/C15H14N4O2/c1-2-16-14(20)15-17-13(18-21-15)11-5-7-12(8-6-11)19-9-3-4-10-19/h3-10H,2H2,1H3,(H,16,20). The summed E-state index contributed by atoms with van der Waals surface area (Å²) in [7, 11) is 0. The first-order valence-electron chi connectivity index (χ1n) is 6.63. The molecule has 0 unspecified atom stereocenters. The van der Waals surface area contributed by atoms with Gasteiger partial charge in [-0.1, -0.05) is 5.16 Å². The second kappa shape index (κ2) is 5.62. The van der Waals surface area contributed by atoms with Crippen molar-refractivity contribution >= 4 is 5.91 Å². The van der Waals surface area contributed by atoms with Gasteiger partial charge in [-0.25, -0.2) is 0 Å². The molecule has 0 aliphatic heterocycles. The quantitative estimate of drug-likeness (QED) is 0.796. The lowest BCUT2D eigenvalue weighted by Gasteiger charge is -2.02. The lowest BCUT2D eigenvalue weighted by atomic mass is 10.2. The number of hydrogen-bond donors (Lipinski definition) is 1. The van der Waals surface area contributed by atoms with Crippen molar-refractivity contribution in [2.24, 2.45) is 0 Å². The molecule has 6 heteroatoms.